The second-order valence-electron chi connectivity index (χ2n) is 3.84. The second-order valence-corrected chi connectivity index (χ2v) is 5.82. The number of nitrogens with zero attached hydrogens (tertiary/aromatic N) is 1. The largest absolute Gasteiger partial charge is 0.465 e. The molecule has 1 rings (SSSR count). The molecule has 0 aliphatic carbocycles. The number of rotatable bonds is 3. The van der Waals surface area contributed by atoms with Gasteiger partial charge in [-0.15, -0.1) is 0 Å². The van der Waals surface area contributed by atoms with Crippen molar-refractivity contribution in [2.24, 2.45) is 0 Å². The van der Waals surface area contributed by atoms with Gasteiger partial charge in [0.2, 0.25) is 0 Å². The number of benzene rings is 1. The summed E-state index contributed by atoms with van der Waals surface area (Å²) in [6.45, 7) is 0. The number of carbonyl (C=O) groups is 1. The fraction of sp³-hybridized carbons (Fsp3) is 0.364. The van der Waals surface area contributed by atoms with Crippen LogP contribution >= 0.6 is 0 Å². The molecule has 1 aromatic carbocycles. The molecule has 94 valence electrons. The van der Waals surface area contributed by atoms with Gasteiger partial charge in [0, 0.05) is 20.4 Å². The van der Waals surface area contributed by atoms with Crippen LogP contribution in [0.25, 0.3) is 0 Å². The van der Waals surface area contributed by atoms with Crippen molar-refractivity contribution >= 4 is 21.5 Å². The third-order valence-electron chi connectivity index (χ3n) is 2.26. The monoisotopic (exact) mass is 257 g/mol. The van der Waals surface area contributed by atoms with Crippen molar-refractivity contribution in [1.29, 1.82) is 0 Å². The Morgan fingerprint density at radius 3 is 2.29 bits per heavy atom. The number of carbonyl (C=O) groups excluding carboxylic acids is 1. The lowest BCUT2D eigenvalue weighted by Crippen LogP contribution is -2.14. The first kappa shape index (κ1) is 13.5. The summed E-state index contributed by atoms with van der Waals surface area (Å²) < 4.78 is 27.8. The van der Waals surface area contributed by atoms with Gasteiger partial charge >= 0.3 is 5.97 Å². The van der Waals surface area contributed by atoms with E-state index in [9.17, 15) is 13.2 Å². The van der Waals surface area contributed by atoms with E-state index in [4.69, 9.17) is 0 Å². The molecule has 0 bridgehead atoms. The molecule has 0 spiro atoms. The Balaban J connectivity index is 3.45. The molecule has 0 heterocycles. The van der Waals surface area contributed by atoms with Crippen molar-refractivity contribution in [2.75, 3.05) is 32.4 Å². The number of sulfone groups is 1. The molecule has 0 N–H and O–H groups in total. The quantitative estimate of drug-likeness (QED) is 0.754. The molecule has 5 nitrogen and oxygen atoms in total. The first-order valence-corrected chi connectivity index (χ1v) is 6.76. The summed E-state index contributed by atoms with van der Waals surface area (Å²) >= 11 is 0. The van der Waals surface area contributed by atoms with E-state index in [-0.39, 0.29) is 10.5 Å². The van der Waals surface area contributed by atoms with Gasteiger partial charge in [-0.05, 0) is 18.2 Å². The first-order chi connectivity index (χ1) is 7.77. The highest BCUT2D eigenvalue weighted by molar-refractivity contribution is 7.90. The van der Waals surface area contributed by atoms with Crippen LogP contribution in [0.1, 0.15) is 10.4 Å². The molecule has 6 heteroatoms. The van der Waals surface area contributed by atoms with Crippen LogP contribution in [0.3, 0.4) is 0 Å². The number of hydrogen-bond acceptors (Lipinski definition) is 5. The van der Waals surface area contributed by atoms with Gasteiger partial charge in [0.15, 0.2) is 9.84 Å². The van der Waals surface area contributed by atoms with Crippen LogP contribution < -0.4 is 4.90 Å². The fourth-order valence-electron chi connectivity index (χ4n) is 1.43. The van der Waals surface area contributed by atoms with Gasteiger partial charge in [-0.3, -0.25) is 0 Å². The average molecular weight is 257 g/mol. The van der Waals surface area contributed by atoms with Gasteiger partial charge in [0.25, 0.3) is 0 Å². The maximum Gasteiger partial charge on any atom is 0.337 e. The van der Waals surface area contributed by atoms with Gasteiger partial charge in [-0.25, -0.2) is 13.2 Å². The number of methoxy groups -OCH3 is 1. The first-order valence-electron chi connectivity index (χ1n) is 4.87. The van der Waals surface area contributed by atoms with Crippen LogP contribution in [0.15, 0.2) is 23.1 Å². The normalized spacial score (nSPS) is 11.1. The Kier molecular flexibility index (Phi) is 3.77. The van der Waals surface area contributed by atoms with Crippen molar-refractivity contribution in [1.82, 2.24) is 0 Å². The van der Waals surface area contributed by atoms with Crippen molar-refractivity contribution in [3.05, 3.63) is 23.8 Å². The van der Waals surface area contributed by atoms with Gasteiger partial charge in [-0.1, -0.05) is 0 Å². The lowest BCUT2D eigenvalue weighted by molar-refractivity contribution is 0.0600. The van der Waals surface area contributed by atoms with Gasteiger partial charge in [0.05, 0.1) is 23.3 Å². The van der Waals surface area contributed by atoms with E-state index < -0.39 is 15.8 Å². The highest BCUT2D eigenvalue weighted by Gasteiger charge is 2.18. The average Bonchev–Trinajstić information content (AvgIpc) is 2.25. The number of anilines is 1. The zero-order valence-corrected chi connectivity index (χ0v) is 11.0. The third kappa shape index (κ3) is 2.97. The minimum Gasteiger partial charge on any atom is -0.465 e. The van der Waals surface area contributed by atoms with Gasteiger partial charge < -0.3 is 9.64 Å². The SMILES string of the molecule is COC(=O)c1ccc(N(C)C)c(S(C)(=O)=O)c1. The lowest BCUT2D eigenvalue weighted by Gasteiger charge is -2.17. The summed E-state index contributed by atoms with van der Waals surface area (Å²) in [5.74, 6) is -0.555. The molecule has 0 saturated heterocycles. The third-order valence-corrected chi connectivity index (χ3v) is 3.39. The number of esters is 1. The summed E-state index contributed by atoms with van der Waals surface area (Å²) in [6, 6.07) is 4.45. The van der Waals surface area contributed by atoms with Crippen molar-refractivity contribution in [3.63, 3.8) is 0 Å². The predicted octanol–water partition coefficient (Wildman–Crippen LogP) is 0.943. The second kappa shape index (κ2) is 4.75. The molecule has 0 aliphatic heterocycles. The van der Waals surface area contributed by atoms with Crippen molar-refractivity contribution in [3.8, 4) is 0 Å². The Morgan fingerprint density at radius 2 is 1.88 bits per heavy atom. The summed E-state index contributed by atoms with van der Waals surface area (Å²) in [6.07, 6.45) is 1.11. The molecular weight excluding hydrogens is 242 g/mol. The van der Waals surface area contributed by atoms with Gasteiger partial charge in [-0.2, -0.15) is 0 Å². The molecule has 0 unspecified atom stereocenters. The molecular formula is C11H15NO4S. The molecule has 1 aromatic rings. The Bertz CT molecular complexity index is 534. The minimum absolute atomic E-state index is 0.116. The van der Waals surface area contributed by atoms with Crippen molar-refractivity contribution in [2.45, 2.75) is 4.90 Å². The molecule has 0 aliphatic rings. The molecule has 17 heavy (non-hydrogen) atoms. The summed E-state index contributed by atoms with van der Waals surface area (Å²) in [7, 11) is 1.34. The van der Waals surface area contributed by atoms with Crippen LogP contribution in [-0.4, -0.2) is 41.8 Å². The summed E-state index contributed by atoms with van der Waals surface area (Å²) in [5.41, 5.74) is 0.763. The maximum absolute atomic E-state index is 11.6. The van der Waals surface area contributed by atoms with Crippen molar-refractivity contribution < 1.29 is 17.9 Å². The summed E-state index contributed by atoms with van der Waals surface area (Å²) in [5, 5.41) is 0. The minimum atomic E-state index is -3.39. The molecule has 0 saturated carbocycles. The summed E-state index contributed by atoms with van der Waals surface area (Å²) in [4.78, 5) is 13.1. The van der Waals surface area contributed by atoms with Crippen LogP contribution in [0.4, 0.5) is 5.69 Å². The Hall–Kier alpha value is -1.56. The van der Waals surface area contributed by atoms with E-state index in [2.05, 4.69) is 4.74 Å². The number of ether oxygens (including phenoxy) is 1. The highest BCUT2D eigenvalue weighted by atomic mass is 32.2. The van der Waals surface area contributed by atoms with E-state index in [1.165, 1.54) is 19.2 Å². The van der Waals surface area contributed by atoms with Gasteiger partial charge in [0.1, 0.15) is 0 Å². The predicted molar refractivity (Wildman–Crippen MR) is 65.2 cm³/mol. The number of hydrogen-bond donors (Lipinski definition) is 0. The fourth-order valence-corrected chi connectivity index (χ4v) is 2.40. The maximum atomic E-state index is 11.6. The standard InChI is InChI=1S/C11H15NO4S/c1-12(2)9-6-5-8(11(13)16-3)7-10(9)17(4,14)15/h5-7H,1-4H3. The zero-order chi connectivity index (χ0) is 13.2. The molecule has 0 aromatic heterocycles. The van der Waals surface area contributed by atoms with E-state index in [0.717, 1.165) is 6.26 Å². The zero-order valence-electron chi connectivity index (χ0n) is 10.2. The molecule has 0 atom stereocenters. The highest BCUT2D eigenvalue weighted by Crippen LogP contribution is 2.25. The van der Waals surface area contributed by atoms with E-state index in [0.29, 0.717) is 5.69 Å². The lowest BCUT2D eigenvalue weighted by atomic mass is 10.2. The smallest absolute Gasteiger partial charge is 0.337 e. The van der Waals surface area contributed by atoms with Crippen LogP contribution in [0, 0.1) is 0 Å². The van der Waals surface area contributed by atoms with E-state index in [1.54, 1.807) is 25.1 Å². The molecule has 0 fully saturated rings. The van der Waals surface area contributed by atoms with Crippen LogP contribution in [0.5, 0.6) is 0 Å². The Labute approximate surface area is 101 Å². The Morgan fingerprint density at radius 1 is 1.29 bits per heavy atom. The topological polar surface area (TPSA) is 63.7 Å². The van der Waals surface area contributed by atoms with Crippen LogP contribution in [-0.2, 0) is 14.6 Å². The molecule has 0 amide bonds. The van der Waals surface area contributed by atoms with E-state index in [1.807, 2.05) is 0 Å². The van der Waals surface area contributed by atoms with Crippen LogP contribution in [0.2, 0.25) is 0 Å². The molecule has 0 radical (unpaired) electrons. The van der Waals surface area contributed by atoms with E-state index >= 15 is 0 Å².